The zero-order chi connectivity index (χ0) is 15.7. The van der Waals surface area contributed by atoms with Crippen LogP contribution >= 0.6 is 0 Å². The van der Waals surface area contributed by atoms with Gasteiger partial charge in [0.2, 0.25) is 0 Å². The summed E-state index contributed by atoms with van der Waals surface area (Å²) >= 11 is 0. The van der Waals surface area contributed by atoms with E-state index in [9.17, 15) is 9.18 Å². The Balaban J connectivity index is 0.000000829. The molecular weight excluding hydrogens is 269 g/mol. The van der Waals surface area contributed by atoms with E-state index in [1.54, 1.807) is 0 Å². The molecule has 20 heavy (non-hydrogen) atoms. The molecule has 2 unspecified atom stereocenters. The Bertz CT molecular complexity index is 489. The van der Waals surface area contributed by atoms with E-state index in [2.05, 4.69) is 17.8 Å². The van der Waals surface area contributed by atoms with Gasteiger partial charge in [-0.25, -0.2) is 9.18 Å². The van der Waals surface area contributed by atoms with Gasteiger partial charge >= 0.3 is 5.69 Å². The van der Waals surface area contributed by atoms with Crippen LogP contribution in [-0.2, 0) is 4.74 Å². The van der Waals surface area contributed by atoms with E-state index >= 15 is 0 Å². The first-order chi connectivity index (χ1) is 9.61. The fraction of sp³-hybridized carbons (Fsp3) is 0.500. The van der Waals surface area contributed by atoms with Gasteiger partial charge in [-0.2, -0.15) is 4.98 Å². The molecule has 1 saturated heterocycles. The lowest BCUT2D eigenvalue weighted by atomic mass is 10.2. The highest BCUT2D eigenvalue weighted by atomic mass is 19.1. The third kappa shape index (κ3) is 4.31. The standard InChI is InChI=1S/C9H12FN3O3.C2H2.CH4O/c10-6-3-13(9(15)12-8(6)11)7-2-1-5(4-14)16-7;2*1-2/h3,5,7,14H,1-2,4H2,(H2,11,12,15);1-2H;2H,1H3. The maximum absolute atomic E-state index is 13.1. The number of terminal acetylenes is 1. The molecule has 0 saturated carbocycles. The molecule has 1 aliphatic rings. The summed E-state index contributed by atoms with van der Waals surface area (Å²) in [5, 5.41) is 15.9. The second-order valence-electron chi connectivity index (χ2n) is 3.64. The van der Waals surface area contributed by atoms with E-state index in [0.717, 1.165) is 17.9 Å². The number of hydrogen-bond acceptors (Lipinski definition) is 6. The van der Waals surface area contributed by atoms with Gasteiger partial charge in [0, 0.05) is 7.11 Å². The van der Waals surface area contributed by atoms with Crippen LogP contribution < -0.4 is 11.4 Å². The van der Waals surface area contributed by atoms with Crippen LogP contribution in [0.15, 0.2) is 11.0 Å². The maximum Gasteiger partial charge on any atom is 0.351 e. The lowest BCUT2D eigenvalue weighted by Gasteiger charge is -2.14. The smallest absolute Gasteiger partial charge is 0.351 e. The first-order valence-electron chi connectivity index (χ1n) is 5.70. The average molecular weight is 287 g/mol. The molecule has 1 aliphatic heterocycles. The van der Waals surface area contributed by atoms with Crippen molar-refractivity contribution in [2.45, 2.75) is 25.2 Å². The maximum atomic E-state index is 13.1. The lowest BCUT2D eigenvalue weighted by Crippen LogP contribution is -2.28. The van der Waals surface area contributed by atoms with Crippen molar-refractivity contribution in [1.29, 1.82) is 0 Å². The Morgan fingerprint density at radius 1 is 1.55 bits per heavy atom. The summed E-state index contributed by atoms with van der Waals surface area (Å²) in [6.45, 7) is -0.115. The van der Waals surface area contributed by atoms with E-state index in [1.807, 2.05) is 0 Å². The summed E-state index contributed by atoms with van der Waals surface area (Å²) in [6.07, 6.45) is 9.26. The van der Waals surface area contributed by atoms with Crippen LogP contribution in [0.3, 0.4) is 0 Å². The predicted molar refractivity (Wildman–Crippen MR) is 71.1 cm³/mol. The van der Waals surface area contributed by atoms with E-state index in [0.29, 0.717) is 12.8 Å². The van der Waals surface area contributed by atoms with Gasteiger partial charge in [-0.1, -0.05) is 0 Å². The molecule has 1 aromatic heterocycles. The highest BCUT2D eigenvalue weighted by Crippen LogP contribution is 2.26. The number of rotatable bonds is 2. The number of aliphatic hydroxyl groups excluding tert-OH is 2. The number of halogens is 1. The van der Waals surface area contributed by atoms with Crippen molar-refractivity contribution >= 4 is 5.82 Å². The largest absolute Gasteiger partial charge is 0.400 e. The number of nitrogens with two attached hydrogens (primary N) is 1. The molecule has 0 aromatic carbocycles. The number of nitrogens with zero attached hydrogens (tertiary/aromatic N) is 2. The second-order valence-corrected chi connectivity index (χ2v) is 3.64. The Morgan fingerprint density at radius 3 is 2.65 bits per heavy atom. The van der Waals surface area contributed by atoms with Crippen molar-refractivity contribution < 1.29 is 19.3 Å². The minimum atomic E-state index is -0.754. The first kappa shape index (κ1) is 18.0. The van der Waals surface area contributed by atoms with Crippen molar-refractivity contribution in [2.75, 3.05) is 19.5 Å². The molecule has 7 nitrogen and oxygen atoms in total. The molecule has 112 valence electrons. The van der Waals surface area contributed by atoms with Crippen LogP contribution in [0.5, 0.6) is 0 Å². The second kappa shape index (κ2) is 9.03. The monoisotopic (exact) mass is 287 g/mol. The van der Waals surface area contributed by atoms with Crippen LogP contribution in [0, 0.1) is 18.7 Å². The Morgan fingerprint density at radius 2 is 2.15 bits per heavy atom. The number of nitrogen functional groups attached to an aromatic ring is 1. The summed E-state index contributed by atoms with van der Waals surface area (Å²) in [5.41, 5.74) is 4.51. The number of hydrogen-bond donors (Lipinski definition) is 3. The van der Waals surface area contributed by atoms with Crippen molar-refractivity contribution in [3.8, 4) is 12.8 Å². The highest BCUT2D eigenvalue weighted by molar-refractivity contribution is 5.26. The van der Waals surface area contributed by atoms with Gasteiger partial charge < -0.3 is 20.7 Å². The zero-order valence-electron chi connectivity index (χ0n) is 11.1. The summed E-state index contributed by atoms with van der Waals surface area (Å²) in [5.74, 6) is -1.17. The van der Waals surface area contributed by atoms with Crippen LogP contribution in [-0.4, -0.2) is 39.6 Å². The molecule has 0 bridgehead atoms. The molecule has 1 aromatic rings. The van der Waals surface area contributed by atoms with Crippen LogP contribution in [0.1, 0.15) is 19.1 Å². The number of aromatic nitrogens is 2. The zero-order valence-corrected chi connectivity index (χ0v) is 11.1. The molecular formula is C12H18FN3O4. The van der Waals surface area contributed by atoms with Gasteiger partial charge in [0.1, 0.15) is 6.23 Å². The molecule has 0 spiro atoms. The predicted octanol–water partition coefficient (Wildman–Crippen LogP) is -0.508. The average Bonchev–Trinajstić information content (AvgIpc) is 2.96. The molecule has 2 heterocycles. The quantitative estimate of drug-likeness (QED) is 0.632. The summed E-state index contributed by atoms with van der Waals surface area (Å²) in [4.78, 5) is 14.8. The molecule has 1 fully saturated rings. The fourth-order valence-corrected chi connectivity index (χ4v) is 1.69. The summed E-state index contributed by atoms with van der Waals surface area (Å²) < 4.78 is 19.5. The van der Waals surface area contributed by atoms with Gasteiger partial charge in [-0.3, -0.25) is 4.57 Å². The van der Waals surface area contributed by atoms with Gasteiger partial charge in [-0.15, -0.1) is 12.8 Å². The van der Waals surface area contributed by atoms with E-state index in [4.69, 9.17) is 20.7 Å². The van der Waals surface area contributed by atoms with Gasteiger partial charge in [0.15, 0.2) is 11.6 Å². The van der Waals surface area contributed by atoms with Crippen LogP contribution in [0.25, 0.3) is 0 Å². The van der Waals surface area contributed by atoms with Gasteiger partial charge in [0.25, 0.3) is 0 Å². The fourth-order valence-electron chi connectivity index (χ4n) is 1.69. The Hall–Kier alpha value is -1.95. The van der Waals surface area contributed by atoms with E-state index in [-0.39, 0.29) is 12.7 Å². The number of anilines is 1. The SMILES string of the molecule is C#C.CO.Nc1nc(=O)n(C2CCC(CO)O2)cc1F. The molecule has 2 rings (SSSR count). The number of ether oxygens (including phenoxy) is 1. The molecule has 0 radical (unpaired) electrons. The van der Waals surface area contributed by atoms with E-state index < -0.39 is 23.6 Å². The van der Waals surface area contributed by atoms with Crippen LogP contribution in [0.2, 0.25) is 0 Å². The van der Waals surface area contributed by atoms with Crippen molar-refractivity contribution in [2.24, 2.45) is 0 Å². The van der Waals surface area contributed by atoms with Crippen LogP contribution in [0.4, 0.5) is 10.2 Å². The topological polar surface area (TPSA) is 111 Å². The summed E-state index contributed by atoms with van der Waals surface area (Å²) in [7, 11) is 1.00. The minimum absolute atomic E-state index is 0.115. The van der Waals surface area contributed by atoms with Crippen molar-refractivity contribution in [3.63, 3.8) is 0 Å². The molecule has 8 heteroatoms. The Kier molecular flexibility index (Phi) is 8.15. The van der Waals surface area contributed by atoms with Gasteiger partial charge in [0.05, 0.1) is 18.9 Å². The molecule has 4 N–H and O–H groups in total. The minimum Gasteiger partial charge on any atom is -0.400 e. The Labute approximate surface area is 115 Å². The van der Waals surface area contributed by atoms with Crippen molar-refractivity contribution in [3.05, 3.63) is 22.5 Å². The third-order valence-electron chi connectivity index (χ3n) is 2.53. The normalized spacial score (nSPS) is 20.3. The lowest BCUT2D eigenvalue weighted by molar-refractivity contribution is -0.0249. The molecule has 2 atom stereocenters. The molecule has 0 aliphatic carbocycles. The first-order valence-corrected chi connectivity index (χ1v) is 5.70. The third-order valence-corrected chi connectivity index (χ3v) is 2.53. The summed E-state index contributed by atoms with van der Waals surface area (Å²) in [6, 6.07) is 0. The van der Waals surface area contributed by atoms with E-state index in [1.165, 1.54) is 0 Å². The highest BCUT2D eigenvalue weighted by Gasteiger charge is 2.27. The van der Waals surface area contributed by atoms with Gasteiger partial charge in [-0.05, 0) is 12.8 Å². The molecule has 0 amide bonds. The number of aliphatic hydroxyl groups is 2. The van der Waals surface area contributed by atoms with Crippen molar-refractivity contribution in [1.82, 2.24) is 9.55 Å².